The predicted molar refractivity (Wildman–Crippen MR) is 74.6 cm³/mol. The predicted octanol–water partition coefficient (Wildman–Crippen LogP) is 2.00. The molecule has 19 heavy (non-hydrogen) atoms. The number of allylic oxidation sites excluding steroid dienone is 1. The van der Waals surface area contributed by atoms with Crippen LogP contribution in [-0.2, 0) is 9.59 Å². The summed E-state index contributed by atoms with van der Waals surface area (Å²) in [7, 11) is 0. The molecule has 0 radical (unpaired) electrons. The van der Waals surface area contributed by atoms with Crippen LogP contribution in [0.15, 0.2) is 11.6 Å². The van der Waals surface area contributed by atoms with Crippen LogP contribution in [0.25, 0.3) is 0 Å². The summed E-state index contributed by atoms with van der Waals surface area (Å²) >= 11 is 0. The SMILES string of the molecule is CC(C)=CCN1C(=O)C(C)(C)NC(=O)C12CCCC2. The minimum absolute atomic E-state index is 0.0248. The molecule has 1 spiro atoms. The number of nitrogens with one attached hydrogen (secondary N) is 1. The van der Waals surface area contributed by atoms with E-state index in [0.29, 0.717) is 6.54 Å². The summed E-state index contributed by atoms with van der Waals surface area (Å²) in [4.78, 5) is 27.0. The van der Waals surface area contributed by atoms with Crippen molar-refractivity contribution in [2.45, 2.75) is 64.5 Å². The number of hydrogen-bond acceptors (Lipinski definition) is 2. The molecule has 2 aliphatic rings. The second kappa shape index (κ2) is 4.66. The molecule has 4 heteroatoms. The van der Waals surface area contributed by atoms with Crippen molar-refractivity contribution >= 4 is 11.8 Å². The Bertz CT molecular complexity index is 427. The van der Waals surface area contributed by atoms with Crippen molar-refractivity contribution < 1.29 is 9.59 Å². The lowest BCUT2D eigenvalue weighted by atomic mass is 9.85. The van der Waals surface area contributed by atoms with E-state index in [4.69, 9.17) is 0 Å². The van der Waals surface area contributed by atoms with Crippen molar-refractivity contribution in [2.75, 3.05) is 6.54 Å². The van der Waals surface area contributed by atoms with Crippen molar-refractivity contribution in [3.8, 4) is 0 Å². The highest BCUT2D eigenvalue weighted by atomic mass is 16.2. The summed E-state index contributed by atoms with van der Waals surface area (Å²) in [5.74, 6) is 0.0586. The van der Waals surface area contributed by atoms with Crippen LogP contribution in [0.4, 0.5) is 0 Å². The van der Waals surface area contributed by atoms with Crippen LogP contribution >= 0.6 is 0 Å². The average molecular weight is 264 g/mol. The van der Waals surface area contributed by atoms with Gasteiger partial charge in [0.15, 0.2) is 0 Å². The summed E-state index contributed by atoms with van der Waals surface area (Å²) < 4.78 is 0. The van der Waals surface area contributed by atoms with Gasteiger partial charge < -0.3 is 10.2 Å². The van der Waals surface area contributed by atoms with Gasteiger partial charge in [0.2, 0.25) is 11.8 Å². The summed E-state index contributed by atoms with van der Waals surface area (Å²) in [5.41, 5.74) is -0.219. The Morgan fingerprint density at radius 2 is 1.84 bits per heavy atom. The third-order valence-electron chi connectivity index (χ3n) is 4.26. The normalized spacial score (nSPS) is 24.5. The van der Waals surface area contributed by atoms with Gasteiger partial charge in [-0.05, 0) is 40.5 Å². The Morgan fingerprint density at radius 1 is 1.26 bits per heavy atom. The van der Waals surface area contributed by atoms with Gasteiger partial charge >= 0.3 is 0 Å². The molecule has 1 heterocycles. The molecule has 0 atom stereocenters. The smallest absolute Gasteiger partial charge is 0.248 e. The summed E-state index contributed by atoms with van der Waals surface area (Å²) in [5, 5.41) is 2.90. The second-order valence-electron chi connectivity index (χ2n) is 6.52. The average Bonchev–Trinajstić information content (AvgIpc) is 2.77. The molecule has 1 saturated heterocycles. The third kappa shape index (κ3) is 2.28. The highest BCUT2D eigenvalue weighted by Crippen LogP contribution is 2.39. The van der Waals surface area contributed by atoms with Gasteiger partial charge in [-0.3, -0.25) is 9.59 Å². The fourth-order valence-corrected chi connectivity index (χ4v) is 3.10. The quantitative estimate of drug-likeness (QED) is 0.776. The standard InChI is InChI=1S/C15H24N2O2/c1-11(2)7-10-17-13(19)14(3,4)16-12(18)15(17)8-5-6-9-15/h7H,5-6,8-10H2,1-4H3,(H,16,18). The van der Waals surface area contributed by atoms with Crippen molar-refractivity contribution in [3.63, 3.8) is 0 Å². The third-order valence-corrected chi connectivity index (χ3v) is 4.26. The topological polar surface area (TPSA) is 49.4 Å². The van der Waals surface area contributed by atoms with Gasteiger partial charge in [-0.25, -0.2) is 0 Å². The van der Waals surface area contributed by atoms with Crippen LogP contribution in [0, 0.1) is 0 Å². The Hall–Kier alpha value is -1.32. The molecular weight excluding hydrogens is 240 g/mol. The molecule has 0 aromatic heterocycles. The summed E-state index contributed by atoms with van der Waals surface area (Å²) in [6.07, 6.45) is 5.65. The van der Waals surface area contributed by atoms with E-state index in [0.717, 1.165) is 25.7 Å². The number of nitrogens with zero attached hydrogens (tertiary/aromatic N) is 1. The molecule has 2 rings (SSSR count). The summed E-state index contributed by atoms with van der Waals surface area (Å²) in [6.45, 7) is 8.13. The Balaban J connectivity index is 2.37. The fraction of sp³-hybridized carbons (Fsp3) is 0.733. The van der Waals surface area contributed by atoms with Gasteiger partial charge in [-0.1, -0.05) is 24.5 Å². The van der Waals surface area contributed by atoms with Gasteiger partial charge in [0.1, 0.15) is 11.1 Å². The molecule has 0 aromatic carbocycles. The molecule has 2 fully saturated rings. The molecule has 0 bridgehead atoms. The zero-order chi connectivity index (χ0) is 14.3. The first-order valence-electron chi connectivity index (χ1n) is 7.08. The van der Waals surface area contributed by atoms with Crippen molar-refractivity contribution in [2.24, 2.45) is 0 Å². The Labute approximate surface area is 115 Å². The molecule has 1 N–H and O–H groups in total. The largest absolute Gasteiger partial charge is 0.340 e. The van der Waals surface area contributed by atoms with Crippen molar-refractivity contribution in [3.05, 3.63) is 11.6 Å². The molecule has 1 saturated carbocycles. The molecule has 1 aliphatic carbocycles. The Morgan fingerprint density at radius 3 is 2.37 bits per heavy atom. The van der Waals surface area contributed by atoms with E-state index in [1.807, 2.05) is 24.8 Å². The molecule has 0 unspecified atom stereocenters. The lowest BCUT2D eigenvalue weighted by Crippen LogP contribution is -2.73. The number of hydrogen-bond donors (Lipinski definition) is 1. The highest BCUT2D eigenvalue weighted by Gasteiger charge is 2.55. The monoisotopic (exact) mass is 264 g/mol. The van der Waals surface area contributed by atoms with Gasteiger partial charge in [0.05, 0.1) is 0 Å². The highest BCUT2D eigenvalue weighted by molar-refractivity contribution is 6.02. The van der Waals surface area contributed by atoms with Crippen LogP contribution in [0.1, 0.15) is 53.4 Å². The summed E-state index contributed by atoms with van der Waals surface area (Å²) in [6, 6.07) is 0. The van der Waals surface area contributed by atoms with Crippen LogP contribution in [0.3, 0.4) is 0 Å². The van der Waals surface area contributed by atoms with E-state index in [1.54, 1.807) is 13.8 Å². The molecule has 0 aromatic rings. The molecule has 106 valence electrons. The number of rotatable bonds is 2. The van der Waals surface area contributed by atoms with E-state index in [9.17, 15) is 9.59 Å². The molecule has 4 nitrogen and oxygen atoms in total. The lowest BCUT2D eigenvalue weighted by molar-refractivity contribution is -0.160. The Kier molecular flexibility index (Phi) is 3.45. The zero-order valence-electron chi connectivity index (χ0n) is 12.4. The lowest BCUT2D eigenvalue weighted by Gasteiger charge is -2.49. The first kappa shape index (κ1) is 14.1. The van der Waals surface area contributed by atoms with E-state index in [-0.39, 0.29) is 11.8 Å². The first-order valence-corrected chi connectivity index (χ1v) is 7.08. The molecular formula is C15H24N2O2. The minimum atomic E-state index is -0.791. The second-order valence-corrected chi connectivity index (χ2v) is 6.52. The van der Waals surface area contributed by atoms with Gasteiger partial charge in [-0.15, -0.1) is 0 Å². The fourth-order valence-electron chi connectivity index (χ4n) is 3.10. The maximum Gasteiger partial charge on any atom is 0.248 e. The van der Waals surface area contributed by atoms with Crippen molar-refractivity contribution in [1.29, 1.82) is 0 Å². The van der Waals surface area contributed by atoms with Gasteiger partial charge in [0.25, 0.3) is 0 Å². The van der Waals surface area contributed by atoms with E-state index < -0.39 is 11.1 Å². The van der Waals surface area contributed by atoms with E-state index >= 15 is 0 Å². The van der Waals surface area contributed by atoms with Crippen molar-refractivity contribution in [1.82, 2.24) is 10.2 Å². The maximum atomic E-state index is 12.6. The zero-order valence-corrected chi connectivity index (χ0v) is 12.4. The van der Waals surface area contributed by atoms with Crippen LogP contribution in [0.5, 0.6) is 0 Å². The number of carbonyl (C=O) groups excluding carboxylic acids is 2. The van der Waals surface area contributed by atoms with Crippen LogP contribution < -0.4 is 5.32 Å². The molecule has 1 aliphatic heterocycles. The number of carbonyl (C=O) groups is 2. The maximum absolute atomic E-state index is 12.6. The van der Waals surface area contributed by atoms with Gasteiger partial charge in [-0.2, -0.15) is 0 Å². The number of piperazine rings is 1. The van der Waals surface area contributed by atoms with Gasteiger partial charge in [0, 0.05) is 6.54 Å². The van der Waals surface area contributed by atoms with Crippen LogP contribution in [-0.4, -0.2) is 34.3 Å². The molecule has 2 amide bonds. The number of amides is 2. The first-order chi connectivity index (χ1) is 8.79. The van der Waals surface area contributed by atoms with Crippen LogP contribution in [0.2, 0.25) is 0 Å². The minimum Gasteiger partial charge on any atom is -0.340 e. The van der Waals surface area contributed by atoms with E-state index in [1.165, 1.54) is 5.57 Å². The van der Waals surface area contributed by atoms with E-state index in [2.05, 4.69) is 5.32 Å².